The van der Waals surface area contributed by atoms with Crippen LogP contribution in [0.2, 0.25) is 5.02 Å². The first-order valence-electron chi connectivity index (χ1n) is 9.74. The lowest BCUT2D eigenvalue weighted by molar-refractivity contribution is 0.0976. The van der Waals surface area contributed by atoms with E-state index in [0.29, 0.717) is 41.0 Å². The van der Waals surface area contributed by atoms with E-state index in [1.807, 2.05) is 30.3 Å². The minimum atomic E-state index is -0.347. The van der Waals surface area contributed by atoms with Crippen molar-refractivity contribution in [2.45, 2.75) is 0 Å². The molecule has 5 rings (SSSR count). The van der Waals surface area contributed by atoms with Gasteiger partial charge in [-0.1, -0.05) is 23.7 Å². The predicted octanol–water partition coefficient (Wildman–Crippen LogP) is 5.51. The monoisotopic (exact) mass is 481 g/mol. The second-order valence-corrected chi connectivity index (χ2v) is 8.79. The number of hydrogen-bond acceptors (Lipinski definition) is 6. The van der Waals surface area contributed by atoms with Crippen LogP contribution in [0.1, 0.15) is 10.4 Å². The number of nitrogens with zero attached hydrogens (tertiary/aromatic N) is 1. The molecule has 32 heavy (non-hydrogen) atoms. The van der Waals surface area contributed by atoms with Crippen LogP contribution in [0.3, 0.4) is 0 Å². The number of fused-ring (bicyclic) bond motifs is 2. The van der Waals surface area contributed by atoms with Crippen molar-refractivity contribution in [2.75, 3.05) is 18.5 Å². The molecule has 0 aliphatic carbocycles. The number of rotatable bonds is 3. The minimum Gasteiger partial charge on any atom is -0.486 e. The molecule has 6 nitrogen and oxygen atoms in total. The van der Waals surface area contributed by atoms with Crippen LogP contribution in [0.15, 0.2) is 60.7 Å². The second kappa shape index (κ2) is 8.74. The molecule has 0 bridgehead atoms. The molecule has 3 aromatic carbocycles. The van der Waals surface area contributed by atoms with Crippen LogP contribution >= 0.6 is 35.2 Å². The van der Waals surface area contributed by atoms with E-state index >= 15 is 0 Å². The fraction of sp³-hybridized carbons (Fsp3) is 0.0870. The molecule has 160 valence electrons. The summed E-state index contributed by atoms with van der Waals surface area (Å²) in [5, 5.41) is 7.29. The van der Waals surface area contributed by atoms with Crippen LogP contribution in [-0.4, -0.2) is 29.2 Å². The van der Waals surface area contributed by atoms with E-state index in [2.05, 4.69) is 15.6 Å². The smallest absolute Gasteiger partial charge is 0.257 e. The number of benzene rings is 3. The number of thiazole rings is 1. The highest BCUT2D eigenvalue weighted by molar-refractivity contribution is 7.80. The van der Waals surface area contributed by atoms with Gasteiger partial charge in [-0.2, -0.15) is 0 Å². The molecule has 0 atom stereocenters. The van der Waals surface area contributed by atoms with Crippen LogP contribution in [0.5, 0.6) is 11.5 Å². The lowest BCUT2D eigenvalue weighted by Crippen LogP contribution is -2.34. The molecule has 0 radical (unpaired) electrons. The zero-order valence-corrected chi connectivity index (χ0v) is 18.9. The van der Waals surface area contributed by atoms with Crippen molar-refractivity contribution in [3.8, 4) is 22.1 Å². The zero-order valence-electron chi connectivity index (χ0n) is 16.6. The van der Waals surface area contributed by atoms with E-state index < -0.39 is 0 Å². The number of carbonyl (C=O) groups is 1. The molecule has 0 unspecified atom stereocenters. The molecule has 2 N–H and O–H groups in total. The topological polar surface area (TPSA) is 72.5 Å². The van der Waals surface area contributed by atoms with Crippen molar-refractivity contribution in [3.63, 3.8) is 0 Å². The number of hydrogen-bond donors (Lipinski definition) is 2. The maximum Gasteiger partial charge on any atom is 0.257 e. The molecule has 2 heterocycles. The van der Waals surface area contributed by atoms with Gasteiger partial charge in [0.2, 0.25) is 0 Å². The number of para-hydroxylation sites is 1. The molecule has 4 aromatic rings. The van der Waals surface area contributed by atoms with Crippen LogP contribution in [0, 0.1) is 0 Å². The number of amides is 1. The van der Waals surface area contributed by atoms with Gasteiger partial charge in [-0.25, -0.2) is 4.98 Å². The van der Waals surface area contributed by atoms with E-state index in [0.717, 1.165) is 20.8 Å². The van der Waals surface area contributed by atoms with E-state index in [4.69, 9.17) is 33.3 Å². The fourth-order valence-corrected chi connectivity index (χ4v) is 4.75. The Bertz CT molecular complexity index is 1320. The molecule has 1 amide bonds. The van der Waals surface area contributed by atoms with Crippen LogP contribution in [0.4, 0.5) is 5.69 Å². The lowest BCUT2D eigenvalue weighted by atomic mass is 10.2. The van der Waals surface area contributed by atoms with Gasteiger partial charge >= 0.3 is 0 Å². The van der Waals surface area contributed by atoms with E-state index in [1.165, 1.54) is 0 Å². The summed E-state index contributed by atoms with van der Waals surface area (Å²) < 4.78 is 12.1. The third-order valence-corrected chi connectivity index (χ3v) is 6.38. The van der Waals surface area contributed by atoms with Gasteiger partial charge in [0.15, 0.2) is 16.6 Å². The molecular formula is C23H16ClN3O3S2. The Kier molecular flexibility index (Phi) is 5.65. The van der Waals surface area contributed by atoms with Crippen molar-refractivity contribution in [1.29, 1.82) is 0 Å². The normalized spacial score (nSPS) is 12.4. The van der Waals surface area contributed by atoms with Crippen molar-refractivity contribution in [2.24, 2.45) is 0 Å². The average Bonchev–Trinajstić information content (AvgIpc) is 3.24. The zero-order chi connectivity index (χ0) is 22.1. The summed E-state index contributed by atoms with van der Waals surface area (Å²) in [6.45, 7) is 0.943. The van der Waals surface area contributed by atoms with Crippen molar-refractivity contribution >= 4 is 62.1 Å². The first kappa shape index (κ1) is 20.7. The molecule has 0 saturated carbocycles. The van der Waals surface area contributed by atoms with Gasteiger partial charge < -0.3 is 14.8 Å². The van der Waals surface area contributed by atoms with Crippen molar-refractivity contribution in [1.82, 2.24) is 10.3 Å². The van der Waals surface area contributed by atoms with Gasteiger partial charge in [0.1, 0.15) is 18.2 Å². The highest BCUT2D eigenvalue weighted by Crippen LogP contribution is 2.36. The third kappa shape index (κ3) is 4.25. The summed E-state index contributed by atoms with van der Waals surface area (Å²) in [4.78, 5) is 17.3. The van der Waals surface area contributed by atoms with Gasteiger partial charge in [-0.3, -0.25) is 10.1 Å². The number of nitrogens with one attached hydrogen (secondary N) is 2. The quantitative estimate of drug-likeness (QED) is 0.376. The Balaban J connectivity index is 1.31. The Labute approximate surface area is 198 Å². The Morgan fingerprint density at radius 1 is 1.03 bits per heavy atom. The molecule has 9 heteroatoms. The molecule has 1 aromatic heterocycles. The summed E-state index contributed by atoms with van der Waals surface area (Å²) >= 11 is 13.3. The molecular weight excluding hydrogens is 466 g/mol. The van der Waals surface area contributed by atoms with Gasteiger partial charge in [0.05, 0.1) is 15.2 Å². The average molecular weight is 482 g/mol. The number of thiocarbonyl (C=S) groups is 1. The predicted molar refractivity (Wildman–Crippen MR) is 131 cm³/mol. The van der Waals surface area contributed by atoms with Crippen LogP contribution in [0.25, 0.3) is 20.8 Å². The highest BCUT2D eigenvalue weighted by atomic mass is 35.5. The molecule has 0 fully saturated rings. The summed E-state index contributed by atoms with van der Waals surface area (Å²) in [6.07, 6.45) is 0. The van der Waals surface area contributed by atoms with E-state index in [9.17, 15) is 4.79 Å². The first-order chi connectivity index (χ1) is 15.6. The minimum absolute atomic E-state index is 0.169. The van der Waals surface area contributed by atoms with E-state index in [-0.39, 0.29) is 11.0 Å². The Morgan fingerprint density at radius 2 is 1.84 bits per heavy atom. The van der Waals surface area contributed by atoms with Crippen LogP contribution < -0.4 is 20.1 Å². The SMILES string of the molecule is O=C(NC(=S)Nc1ccc(Cl)c(-c2nc3ccccc3s2)c1)c1ccc2c(c1)OCCO2. The van der Waals surface area contributed by atoms with Gasteiger partial charge in [-0.05, 0) is 60.7 Å². The lowest BCUT2D eigenvalue weighted by Gasteiger charge is -2.18. The molecule has 0 saturated heterocycles. The van der Waals surface area contributed by atoms with Gasteiger partial charge in [0.25, 0.3) is 5.91 Å². The second-order valence-electron chi connectivity index (χ2n) is 6.95. The fourth-order valence-electron chi connectivity index (χ4n) is 3.28. The van der Waals surface area contributed by atoms with Gasteiger partial charge in [-0.15, -0.1) is 11.3 Å². The highest BCUT2D eigenvalue weighted by Gasteiger charge is 2.16. The third-order valence-electron chi connectivity index (χ3n) is 4.78. The molecule has 1 aliphatic heterocycles. The first-order valence-corrected chi connectivity index (χ1v) is 11.3. The summed E-state index contributed by atoms with van der Waals surface area (Å²) in [6, 6.07) is 18.4. The Hall–Kier alpha value is -3.20. The number of halogens is 1. The number of aromatic nitrogens is 1. The summed E-state index contributed by atoms with van der Waals surface area (Å²) in [5.74, 6) is 0.817. The van der Waals surface area contributed by atoms with Crippen LogP contribution in [-0.2, 0) is 0 Å². The molecule has 1 aliphatic rings. The summed E-state index contributed by atoms with van der Waals surface area (Å²) in [5.41, 5.74) is 2.82. The largest absolute Gasteiger partial charge is 0.486 e. The summed E-state index contributed by atoms with van der Waals surface area (Å²) in [7, 11) is 0. The number of ether oxygens (including phenoxy) is 2. The maximum absolute atomic E-state index is 12.6. The van der Waals surface area contributed by atoms with E-state index in [1.54, 1.807) is 41.7 Å². The van der Waals surface area contributed by atoms with Crippen molar-refractivity contribution in [3.05, 3.63) is 71.2 Å². The van der Waals surface area contributed by atoms with Gasteiger partial charge in [0, 0.05) is 16.8 Å². The Morgan fingerprint density at radius 3 is 2.69 bits per heavy atom. The number of anilines is 1. The molecule has 0 spiro atoms. The maximum atomic E-state index is 12.6. The standard InChI is InChI=1S/C23H16ClN3O3S2/c24-16-7-6-14(12-15(16)22-26-17-3-1-2-4-20(17)32-22)25-23(31)27-21(28)13-5-8-18-19(11-13)30-10-9-29-18/h1-8,11-12H,9-10H2,(H2,25,27,28,31). The number of carbonyl (C=O) groups excluding carboxylic acids is 1. The van der Waals surface area contributed by atoms with Crippen molar-refractivity contribution < 1.29 is 14.3 Å².